The van der Waals surface area contributed by atoms with E-state index in [-0.39, 0.29) is 19.6 Å². The van der Waals surface area contributed by atoms with Crippen LogP contribution in [-0.2, 0) is 23.1 Å². The second-order valence-electron chi connectivity index (χ2n) is 3.23. The van der Waals surface area contributed by atoms with Gasteiger partial charge in [-0.15, -0.1) is 0 Å². The maximum absolute atomic E-state index is 11.1. The number of esters is 1. The Morgan fingerprint density at radius 3 is 2.47 bits per heavy atom. The predicted octanol–water partition coefficient (Wildman–Crippen LogP) is 0.844. The van der Waals surface area contributed by atoms with Crippen molar-refractivity contribution in [2.75, 3.05) is 19.8 Å². The second kappa shape index (κ2) is 8.60. The van der Waals surface area contributed by atoms with Crippen LogP contribution >= 0.6 is 7.82 Å². The Hall–Kier alpha value is -0.460. The van der Waals surface area contributed by atoms with Gasteiger partial charge in [0.05, 0.1) is 19.8 Å². The third kappa shape index (κ3) is 8.29. The molecule has 0 aromatic rings. The number of hydrogen-bond donors (Lipinski definition) is 2. The van der Waals surface area contributed by atoms with Gasteiger partial charge in [-0.05, 0) is 13.3 Å². The summed E-state index contributed by atoms with van der Waals surface area (Å²) < 4.78 is 24.9. The highest BCUT2D eigenvalue weighted by atomic mass is 31.2. The van der Waals surface area contributed by atoms with E-state index in [0.29, 0.717) is 6.42 Å². The molecule has 17 heavy (non-hydrogen) atoms. The third-order valence-corrected chi connectivity index (χ3v) is 2.73. The highest BCUT2D eigenvalue weighted by Crippen LogP contribution is 2.42. The predicted molar refractivity (Wildman–Crippen MR) is 59.3 cm³/mol. The molecule has 0 bridgehead atoms. The lowest BCUT2D eigenvalue weighted by molar-refractivity contribution is -0.153. The van der Waals surface area contributed by atoms with Crippen molar-refractivity contribution >= 4 is 13.8 Å². The molecule has 0 aromatic carbocycles. The molecule has 7 nitrogen and oxygen atoms in total. The monoisotopic (exact) mass is 270 g/mol. The number of rotatable bonds is 9. The normalized spacial score (nSPS) is 16.2. The number of aliphatic hydroxyl groups excluding tert-OH is 1. The van der Waals surface area contributed by atoms with Crippen LogP contribution in [0.5, 0.6) is 0 Å². The molecule has 0 amide bonds. The van der Waals surface area contributed by atoms with Gasteiger partial charge in [0.25, 0.3) is 0 Å². The lowest BCUT2D eigenvalue weighted by atomic mass is 10.3. The van der Waals surface area contributed by atoms with Crippen molar-refractivity contribution in [1.82, 2.24) is 0 Å². The maximum Gasteiger partial charge on any atom is 0.472 e. The summed E-state index contributed by atoms with van der Waals surface area (Å²) in [7, 11) is -4.12. The summed E-state index contributed by atoms with van der Waals surface area (Å²) in [6.07, 6.45) is -0.122. The molecule has 0 spiro atoms. The van der Waals surface area contributed by atoms with Gasteiger partial charge in [-0.25, -0.2) is 4.57 Å². The summed E-state index contributed by atoms with van der Waals surface area (Å²) in [5.41, 5.74) is 0. The van der Waals surface area contributed by atoms with Crippen LogP contribution in [0, 0.1) is 0 Å². The van der Waals surface area contributed by atoms with Gasteiger partial charge in [0.2, 0.25) is 0 Å². The van der Waals surface area contributed by atoms with E-state index in [1.165, 1.54) is 6.92 Å². The zero-order valence-electron chi connectivity index (χ0n) is 10.00. The van der Waals surface area contributed by atoms with Crippen molar-refractivity contribution in [2.24, 2.45) is 0 Å². The molecule has 0 fully saturated rings. The lowest BCUT2D eigenvalue weighted by Gasteiger charge is -2.17. The van der Waals surface area contributed by atoms with Crippen molar-refractivity contribution < 1.29 is 33.1 Å². The fourth-order valence-electron chi connectivity index (χ4n) is 0.951. The van der Waals surface area contributed by atoms with Gasteiger partial charge >= 0.3 is 13.8 Å². The first-order valence-corrected chi connectivity index (χ1v) is 6.86. The van der Waals surface area contributed by atoms with Gasteiger partial charge in [0, 0.05) is 6.42 Å². The van der Waals surface area contributed by atoms with Crippen LogP contribution < -0.4 is 0 Å². The Kier molecular flexibility index (Phi) is 8.37. The molecular weight excluding hydrogens is 251 g/mol. The molecule has 2 N–H and O–H groups in total. The van der Waals surface area contributed by atoms with E-state index >= 15 is 0 Å². The number of aliphatic hydroxyl groups is 1. The molecule has 8 heteroatoms. The first kappa shape index (κ1) is 16.5. The van der Waals surface area contributed by atoms with E-state index < -0.39 is 26.5 Å². The summed E-state index contributed by atoms with van der Waals surface area (Å²) in [4.78, 5) is 20.2. The van der Waals surface area contributed by atoms with E-state index in [1.54, 1.807) is 0 Å². The molecule has 0 aliphatic heterocycles. The summed E-state index contributed by atoms with van der Waals surface area (Å²) in [5.74, 6) is -0.487. The minimum Gasteiger partial charge on any atom is -0.457 e. The van der Waals surface area contributed by atoms with Crippen molar-refractivity contribution in [2.45, 2.75) is 32.8 Å². The molecule has 0 radical (unpaired) electrons. The second-order valence-corrected chi connectivity index (χ2v) is 4.68. The number of ether oxygens (including phenoxy) is 1. The molecule has 2 atom stereocenters. The fraction of sp³-hybridized carbons (Fsp3) is 0.889. The van der Waals surface area contributed by atoms with Gasteiger partial charge in [-0.3, -0.25) is 13.8 Å². The van der Waals surface area contributed by atoms with Crippen molar-refractivity contribution in [3.63, 3.8) is 0 Å². The molecule has 102 valence electrons. The Morgan fingerprint density at radius 2 is 2.00 bits per heavy atom. The highest BCUT2D eigenvalue weighted by molar-refractivity contribution is 7.47. The highest BCUT2D eigenvalue weighted by Gasteiger charge is 2.23. The van der Waals surface area contributed by atoms with E-state index in [0.717, 1.165) is 0 Å². The summed E-state index contributed by atoms with van der Waals surface area (Å²) in [5, 5.41) is 8.90. The Morgan fingerprint density at radius 1 is 1.35 bits per heavy atom. The van der Waals surface area contributed by atoms with Crippen LogP contribution in [0.3, 0.4) is 0 Å². The molecule has 1 unspecified atom stereocenters. The summed E-state index contributed by atoms with van der Waals surface area (Å²) in [6.45, 7) is 2.49. The lowest BCUT2D eigenvalue weighted by Crippen LogP contribution is -2.26. The largest absolute Gasteiger partial charge is 0.472 e. The van der Waals surface area contributed by atoms with E-state index in [2.05, 4.69) is 9.05 Å². The van der Waals surface area contributed by atoms with Gasteiger partial charge in [-0.2, -0.15) is 0 Å². The van der Waals surface area contributed by atoms with Crippen LogP contribution in [0.1, 0.15) is 26.7 Å². The molecule has 0 aromatic heterocycles. The summed E-state index contributed by atoms with van der Waals surface area (Å²) in [6, 6.07) is 0. The topological polar surface area (TPSA) is 102 Å². The quantitative estimate of drug-likeness (QED) is 0.472. The molecule has 0 aliphatic rings. The minimum absolute atomic E-state index is 0.0210. The van der Waals surface area contributed by atoms with E-state index in [4.69, 9.17) is 14.7 Å². The van der Waals surface area contributed by atoms with E-state index in [1.807, 2.05) is 6.92 Å². The number of carbonyl (C=O) groups excluding carboxylic acids is 1. The Labute approximate surface area is 100 Å². The summed E-state index contributed by atoms with van der Waals surface area (Å²) >= 11 is 0. The molecule has 0 aliphatic carbocycles. The Bertz CT molecular complexity index is 268. The SMILES string of the molecule is CCCC(=O)O[C@H](CO)COP(=O)(O)OCC. The third-order valence-electron chi connectivity index (χ3n) is 1.67. The molecule has 0 heterocycles. The average molecular weight is 270 g/mol. The van der Waals surface area contributed by atoms with Crippen molar-refractivity contribution in [1.29, 1.82) is 0 Å². The first-order valence-electron chi connectivity index (χ1n) is 5.37. The number of carbonyl (C=O) groups is 1. The van der Waals surface area contributed by atoms with Crippen LogP contribution in [0.2, 0.25) is 0 Å². The zero-order chi connectivity index (χ0) is 13.3. The maximum atomic E-state index is 11.1. The van der Waals surface area contributed by atoms with Crippen LogP contribution in [0.4, 0.5) is 0 Å². The molecule has 0 rings (SSSR count). The van der Waals surface area contributed by atoms with Gasteiger partial charge < -0.3 is 14.7 Å². The molecular formula is C9H19O7P. The zero-order valence-corrected chi connectivity index (χ0v) is 10.9. The fourth-order valence-corrected chi connectivity index (χ4v) is 1.71. The van der Waals surface area contributed by atoms with Gasteiger partial charge in [-0.1, -0.05) is 6.92 Å². The smallest absolute Gasteiger partial charge is 0.457 e. The van der Waals surface area contributed by atoms with Gasteiger partial charge in [0.15, 0.2) is 0 Å². The first-order chi connectivity index (χ1) is 7.95. The van der Waals surface area contributed by atoms with E-state index in [9.17, 15) is 9.36 Å². The van der Waals surface area contributed by atoms with Crippen LogP contribution in [0.25, 0.3) is 0 Å². The van der Waals surface area contributed by atoms with Crippen molar-refractivity contribution in [3.8, 4) is 0 Å². The molecule has 0 saturated carbocycles. The Balaban J connectivity index is 4.05. The van der Waals surface area contributed by atoms with Crippen molar-refractivity contribution in [3.05, 3.63) is 0 Å². The standard InChI is InChI=1S/C9H19O7P/c1-3-5-9(11)16-8(6-10)7-15-17(12,13)14-4-2/h8,10H,3-7H2,1-2H3,(H,12,13)/t8-/m1/s1. The number of hydrogen-bond acceptors (Lipinski definition) is 6. The number of phosphoric ester groups is 1. The average Bonchev–Trinajstić information content (AvgIpc) is 2.24. The van der Waals surface area contributed by atoms with Crippen LogP contribution in [-0.4, -0.2) is 41.9 Å². The minimum atomic E-state index is -4.12. The number of phosphoric acid groups is 1. The van der Waals surface area contributed by atoms with Crippen LogP contribution in [0.15, 0.2) is 0 Å². The van der Waals surface area contributed by atoms with Gasteiger partial charge in [0.1, 0.15) is 6.10 Å². The molecule has 0 saturated heterocycles.